The van der Waals surface area contributed by atoms with E-state index in [4.69, 9.17) is 0 Å². The summed E-state index contributed by atoms with van der Waals surface area (Å²) >= 11 is 4.53. The summed E-state index contributed by atoms with van der Waals surface area (Å²) in [5.74, 6) is -1.28. The van der Waals surface area contributed by atoms with Crippen molar-refractivity contribution in [3.8, 4) is 0 Å². The van der Waals surface area contributed by atoms with Crippen molar-refractivity contribution in [3.05, 3.63) is 35.6 Å². The number of rotatable bonds is 3. The van der Waals surface area contributed by atoms with Crippen LogP contribution in [-0.2, 0) is 14.4 Å². The number of carbonyl (C=O) groups is 3. The third kappa shape index (κ3) is 2.18. The molecule has 2 saturated heterocycles. The van der Waals surface area contributed by atoms with Crippen molar-refractivity contribution in [2.24, 2.45) is 5.92 Å². The number of amides is 2. The maximum atomic E-state index is 12.6. The molecule has 3 aliphatic rings. The maximum Gasteiger partial charge on any atom is 0.352 e. The SMILES string of the molecule is CC(=O)N1C[C@H]2CC(C(S)c3ncccn3)=C(C(=O)O)N3C(=O)[C@@H]1[C@@H]23. The number of carbonyl (C=O) groups excluding carboxylic acids is 2. The number of carboxylic acid groups (broad SMARTS) is 1. The summed E-state index contributed by atoms with van der Waals surface area (Å²) in [7, 11) is 0. The van der Waals surface area contributed by atoms with Crippen molar-refractivity contribution < 1.29 is 19.5 Å². The first-order valence-electron chi connectivity index (χ1n) is 7.93. The maximum absolute atomic E-state index is 12.6. The first kappa shape index (κ1) is 16.1. The van der Waals surface area contributed by atoms with Crippen molar-refractivity contribution in [1.82, 2.24) is 19.8 Å². The summed E-state index contributed by atoms with van der Waals surface area (Å²) in [6.45, 7) is 1.87. The second-order valence-electron chi connectivity index (χ2n) is 6.47. The zero-order valence-corrected chi connectivity index (χ0v) is 14.3. The zero-order chi connectivity index (χ0) is 17.9. The Kier molecular flexibility index (Phi) is 3.57. The van der Waals surface area contributed by atoms with Crippen LogP contribution in [0.25, 0.3) is 0 Å². The van der Waals surface area contributed by atoms with Crippen LogP contribution < -0.4 is 0 Å². The highest BCUT2D eigenvalue weighted by molar-refractivity contribution is 7.80. The standard InChI is InChI=1S/C16H16N4O4S/c1-7(21)19-6-8-5-9(13(25)14-17-3-2-4-18-14)11(16(23)24)20-10(8)12(19)15(20)22/h2-4,8,10,12-13,25H,5-6H2,1H3,(H,23,24)/t8-,10-,12+,13?/m1/s1. The molecule has 3 aliphatic heterocycles. The molecule has 1 aromatic rings. The van der Waals surface area contributed by atoms with Crippen molar-refractivity contribution in [2.45, 2.75) is 30.7 Å². The van der Waals surface area contributed by atoms with Crippen LogP contribution >= 0.6 is 12.6 Å². The van der Waals surface area contributed by atoms with Crippen LogP contribution in [0, 0.1) is 5.92 Å². The first-order valence-corrected chi connectivity index (χ1v) is 8.45. The number of β-lactam (4-membered cyclic amide) rings is 1. The smallest absolute Gasteiger partial charge is 0.352 e. The number of aromatic nitrogens is 2. The quantitative estimate of drug-likeness (QED) is 0.591. The summed E-state index contributed by atoms with van der Waals surface area (Å²) in [6.07, 6.45) is 3.58. The Morgan fingerprint density at radius 1 is 1.36 bits per heavy atom. The number of hydrogen-bond acceptors (Lipinski definition) is 6. The van der Waals surface area contributed by atoms with Crippen molar-refractivity contribution in [1.29, 1.82) is 0 Å². The highest BCUT2D eigenvalue weighted by Gasteiger charge is 2.63. The Morgan fingerprint density at radius 3 is 2.64 bits per heavy atom. The highest BCUT2D eigenvalue weighted by Crippen LogP contribution is 2.50. The number of thiol groups is 1. The molecule has 0 aromatic carbocycles. The molecule has 0 aliphatic carbocycles. The van der Waals surface area contributed by atoms with Gasteiger partial charge in [-0.1, -0.05) is 0 Å². The number of carboxylic acids is 1. The third-order valence-electron chi connectivity index (χ3n) is 5.16. The van der Waals surface area contributed by atoms with Gasteiger partial charge >= 0.3 is 5.97 Å². The monoisotopic (exact) mass is 360 g/mol. The lowest BCUT2D eigenvalue weighted by molar-refractivity contribution is -0.159. The van der Waals surface area contributed by atoms with Crippen LogP contribution in [0.4, 0.5) is 0 Å². The number of nitrogens with zero attached hydrogens (tertiary/aromatic N) is 4. The fraction of sp³-hybridized carbons (Fsp3) is 0.438. The first-order chi connectivity index (χ1) is 11.9. The summed E-state index contributed by atoms with van der Waals surface area (Å²) in [6, 6.07) is 0.867. The van der Waals surface area contributed by atoms with Gasteiger partial charge in [0, 0.05) is 31.8 Å². The van der Waals surface area contributed by atoms with E-state index in [2.05, 4.69) is 22.6 Å². The minimum atomic E-state index is -1.17. The Bertz CT molecular complexity index is 812. The summed E-state index contributed by atoms with van der Waals surface area (Å²) in [5.41, 5.74) is 0.473. The lowest BCUT2D eigenvalue weighted by Gasteiger charge is -2.50. The van der Waals surface area contributed by atoms with E-state index in [1.54, 1.807) is 23.4 Å². The molecular formula is C16H16N4O4S. The molecule has 0 saturated carbocycles. The van der Waals surface area contributed by atoms with Crippen LogP contribution in [0.3, 0.4) is 0 Å². The number of hydrogen-bond donors (Lipinski definition) is 2. The molecule has 1 unspecified atom stereocenters. The molecule has 1 aromatic heterocycles. The van der Waals surface area contributed by atoms with Gasteiger partial charge in [0.1, 0.15) is 17.6 Å². The molecule has 4 atom stereocenters. The molecule has 4 heterocycles. The second kappa shape index (κ2) is 5.55. The average Bonchev–Trinajstić information content (AvgIpc) is 2.97. The molecule has 130 valence electrons. The molecule has 4 rings (SSSR count). The minimum Gasteiger partial charge on any atom is -0.477 e. The van der Waals surface area contributed by atoms with E-state index in [9.17, 15) is 19.5 Å². The fourth-order valence-electron chi connectivity index (χ4n) is 4.15. The molecule has 0 spiro atoms. The van der Waals surface area contributed by atoms with Crippen molar-refractivity contribution in [2.75, 3.05) is 6.54 Å². The van der Waals surface area contributed by atoms with Crippen LogP contribution in [0.15, 0.2) is 29.7 Å². The minimum absolute atomic E-state index is 0.00284. The fourth-order valence-corrected chi connectivity index (χ4v) is 4.51. The van der Waals surface area contributed by atoms with Gasteiger partial charge in [0.25, 0.3) is 5.91 Å². The van der Waals surface area contributed by atoms with E-state index in [0.29, 0.717) is 24.4 Å². The van der Waals surface area contributed by atoms with E-state index in [0.717, 1.165) is 0 Å². The van der Waals surface area contributed by atoms with Gasteiger partial charge in [0.15, 0.2) is 0 Å². The molecule has 25 heavy (non-hydrogen) atoms. The summed E-state index contributed by atoms with van der Waals surface area (Å²) in [5, 5.41) is 9.09. The largest absolute Gasteiger partial charge is 0.477 e. The van der Waals surface area contributed by atoms with Gasteiger partial charge in [-0.05, 0) is 18.1 Å². The Balaban J connectivity index is 1.76. The van der Waals surface area contributed by atoms with Gasteiger partial charge in [-0.3, -0.25) is 14.5 Å². The van der Waals surface area contributed by atoms with Gasteiger partial charge in [-0.2, -0.15) is 12.6 Å². The van der Waals surface area contributed by atoms with Crippen LogP contribution in [0.1, 0.15) is 24.4 Å². The third-order valence-corrected chi connectivity index (χ3v) is 5.70. The van der Waals surface area contributed by atoms with Crippen molar-refractivity contribution in [3.63, 3.8) is 0 Å². The van der Waals surface area contributed by atoms with E-state index in [1.165, 1.54) is 11.8 Å². The lowest BCUT2D eigenvalue weighted by atomic mass is 9.78. The van der Waals surface area contributed by atoms with Crippen LogP contribution in [0.5, 0.6) is 0 Å². The second-order valence-corrected chi connectivity index (χ2v) is 6.98. The molecule has 9 heteroatoms. The predicted octanol–water partition coefficient (Wildman–Crippen LogP) is 0.248. The van der Waals surface area contributed by atoms with Gasteiger partial charge in [0.2, 0.25) is 5.91 Å². The number of aliphatic carboxylic acids is 1. The van der Waals surface area contributed by atoms with E-state index >= 15 is 0 Å². The topological polar surface area (TPSA) is 104 Å². The van der Waals surface area contributed by atoms with Gasteiger partial charge in [0.05, 0.1) is 11.3 Å². The van der Waals surface area contributed by atoms with E-state index < -0.39 is 17.3 Å². The van der Waals surface area contributed by atoms with Gasteiger partial charge in [-0.25, -0.2) is 14.8 Å². The molecule has 2 amide bonds. The molecule has 0 radical (unpaired) electrons. The summed E-state index contributed by atoms with van der Waals surface area (Å²) < 4.78 is 0. The molecule has 2 fully saturated rings. The molecule has 1 N–H and O–H groups in total. The van der Waals surface area contributed by atoms with E-state index in [-0.39, 0.29) is 29.5 Å². The van der Waals surface area contributed by atoms with Gasteiger partial charge < -0.3 is 10.0 Å². The zero-order valence-electron chi connectivity index (χ0n) is 13.4. The summed E-state index contributed by atoms with van der Waals surface area (Å²) in [4.78, 5) is 47.4. The Morgan fingerprint density at radius 2 is 2.04 bits per heavy atom. The van der Waals surface area contributed by atoms with Gasteiger partial charge in [-0.15, -0.1) is 0 Å². The predicted molar refractivity (Wildman–Crippen MR) is 88.3 cm³/mol. The van der Waals surface area contributed by atoms with Crippen LogP contribution in [0.2, 0.25) is 0 Å². The van der Waals surface area contributed by atoms with Crippen LogP contribution in [-0.4, -0.2) is 61.3 Å². The van der Waals surface area contributed by atoms with Crippen molar-refractivity contribution >= 4 is 30.4 Å². The molecular weight excluding hydrogens is 344 g/mol. The molecule has 0 bridgehead atoms. The van der Waals surface area contributed by atoms with E-state index in [1.807, 2.05) is 0 Å². The highest BCUT2D eigenvalue weighted by atomic mass is 32.1. The average molecular weight is 360 g/mol. The Labute approximate surface area is 148 Å². The lowest BCUT2D eigenvalue weighted by Crippen LogP contribution is -2.69. The Hall–Kier alpha value is -2.42. The normalized spacial score (nSPS) is 28.6. The number of likely N-dealkylation sites (tertiary alicyclic amines) is 1. The molecule has 8 nitrogen and oxygen atoms in total.